The molecule has 0 aliphatic heterocycles. The Hall–Kier alpha value is -0.590. The molecule has 0 heterocycles. The molecule has 0 aromatic heterocycles. The van der Waals surface area contributed by atoms with Gasteiger partial charge in [0.25, 0.3) is 5.91 Å². The first-order valence-corrected chi connectivity index (χ1v) is 9.71. The minimum absolute atomic E-state index is 0.000738. The van der Waals surface area contributed by atoms with E-state index in [1.54, 1.807) is 11.8 Å². The number of ketones is 1. The maximum Gasteiger partial charge on any atom is 0.250 e. The van der Waals surface area contributed by atoms with Crippen LogP contribution >= 0.6 is 11.8 Å². The standard InChI is InChI=1S/C17H32N2O3S/c1-11(2)23-8-7-14(18)16(21)17(22)19-10-15(20)13-6-4-5-12(3)9-13/h11-14,16,21H,4-10,18H2,1-3H3,(H,19,22)/t12?,13?,14-,16+/m1/s1. The highest BCUT2D eigenvalue weighted by molar-refractivity contribution is 7.99. The van der Waals surface area contributed by atoms with Crippen LogP contribution in [0.1, 0.15) is 52.9 Å². The molecule has 5 nitrogen and oxygen atoms in total. The van der Waals surface area contributed by atoms with Crippen LogP contribution < -0.4 is 11.1 Å². The Bertz CT molecular complexity index is 390. The minimum Gasteiger partial charge on any atom is -0.382 e. The largest absolute Gasteiger partial charge is 0.382 e. The summed E-state index contributed by atoms with van der Waals surface area (Å²) in [6.45, 7) is 6.35. The van der Waals surface area contributed by atoms with Crippen molar-refractivity contribution in [3.8, 4) is 0 Å². The number of hydrogen-bond acceptors (Lipinski definition) is 5. The Kier molecular flexibility index (Phi) is 9.17. The zero-order valence-corrected chi connectivity index (χ0v) is 15.4. The molecule has 1 saturated carbocycles. The monoisotopic (exact) mass is 344 g/mol. The summed E-state index contributed by atoms with van der Waals surface area (Å²) in [5, 5.41) is 13.0. The summed E-state index contributed by atoms with van der Waals surface area (Å²) >= 11 is 1.75. The van der Waals surface area contributed by atoms with Gasteiger partial charge in [0.2, 0.25) is 0 Å². The number of nitrogens with two attached hydrogens (primary N) is 1. The molecule has 4 N–H and O–H groups in total. The van der Waals surface area contributed by atoms with Crippen molar-refractivity contribution in [2.24, 2.45) is 17.6 Å². The van der Waals surface area contributed by atoms with Gasteiger partial charge in [0, 0.05) is 12.0 Å². The molecule has 0 spiro atoms. The quantitative estimate of drug-likeness (QED) is 0.592. The van der Waals surface area contributed by atoms with Crippen LogP contribution in [-0.4, -0.2) is 46.5 Å². The highest BCUT2D eigenvalue weighted by Crippen LogP contribution is 2.28. The molecule has 1 aliphatic rings. The fraction of sp³-hybridized carbons (Fsp3) is 0.882. The molecule has 2 unspecified atom stereocenters. The zero-order valence-electron chi connectivity index (χ0n) is 14.6. The van der Waals surface area contributed by atoms with Gasteiger partial charge in [-0.3, -0.25) is 9.59 Å². The molecule has 1 fully saturated rings. The van der Waals surface area contributed by atoms with E-state index in [1.807, 2.05) is 0 Å². The van der Waals surface area contributed by atoms with Crippen molar-refractivity contribution < 1.29 is 14.7 Å². The van der Waals surface area contributed by atoms with Gasteiger partial charge in [-0.2, -0.15) is 11.8 Å². The number of carbonyl (C=O) groups excluding carboxylic acids is 2. The Morgan fingerprint density at radius 3 is 2.65 bits per heavy atom. The average molecular weight is 345 g/mol. The summed E-state index contributed by atoms with van der Waals surface area (Å²) in [6.07, 6.45) is 3.40. The topological polar surface area (TPSA) is 92.4 Å². The molecule has 4 atom stereocenters. The van der Waals surface area contributed by atoms with E-state index in [0.29, 0.717) is 17.6 Å². The predicted octanol–water partition coefficient (Wildman–Crippen LogP) is 1.72. The van der Waals surface area contributed by atoms with Crippen molar-refractivity contribution >= 4 is 23.5 Å². The second-order valence-corrected chi connectivity index (χ2v) is 8.65. The first-order chi connectivity index (χ1) is 10.8. The van der Waals surface area contributed by atoms with Gasteiger partial charge >= 0.3 is 0 Å². The van der Waals surface area contributed by atoms with Gasteiger partial charge in [0.05, 0.1) is 6.54 Å². The highest BCUT2D eigenvalue weighted by Gasteiger charge is 2.27. The number of carbonyl (C=O) groups is 2. The van der Waals surface area contributed by atoms with Crippen LogP contribution in [0.5, 0.6) is 0 Å². The fourth-order valence-electron chi connectivity index (χ4n) is 2.94. The molecule has 134 valence electrons. The van der Waals surface area contributed by atoms with E-state index < -0.39 is 18.1 Å². The van der Waals surface area contributed by atoms with E-state index in [-0.39, 0.29) is 18.2 Å². The van der Waals surface area contributed by atoms with E-state index >= 15 is 0 Å². The first-order valence-electron chi connectivity index (χ1n) is 8.67. The summed E-state index contributed by atoms with van der Waals surface area (Å²) in [6, 6.07) is -0.592. The van der Waals surface area contributed by atoms with Gasteiger partial charge in [0.15, 0.2) is 5.78 Å². The van der Waals surface area contributed by atoms with Crippen molar-refractivity contribution in [3.05, 3.63) is 0 Å². The van der Waals surface area contributed by atoms with Crippen LogP contribution in [-0.2, 0) is 9.59 Å². The Morgan fingerprint density at radius 1 is 1.35 bits per heavy atom. The van der Waals surface area contributed by atoms with Crippen LogP contribution in [0.25, 0.3) is 0 Å². The smallest absolute Gasteiger partial charge is 0.250 e. The van der Waals surface area contributed by atoms with E-state index in [2.05, 4.69) is 26.1 Å². The maximum atomic E-state index is 12.2. The lowest BCUT2D eigenvalue weighted by Crippen LogP contribution is -2.48. The number of hydrogen-bond donors (Lipinski definition) is 3. The number of Topliss-reactive ketones (excluding diaryl/α,β-unsaturated/α-hetero) is 1. The van der Waals surface area contributed by atoms with E-state index in [9.17, 15) is 14.7 Å². The third kappa shape index (κ3) is 7.68. The predicted molar refractivity (Wildman–Crippen MR) is 95.3 cm³/mol. The van der Waals surface area contributed by atoms with Crippen molar-refractivity contribution in [2.45, 2.75) is 70.3 Å². The van der Waals surface area contributed by atoms with Crippen LogP contribution in [0, 0.1) is 11.8 Å². The van der Waals surface area contributed by atoms with Crippen LogP contribution in [0.2, 0.25) is 0 Å². The summed E-state index contributed by atoms with van der Waals surface area (Å²) in [7, 11) is 0. The second-order valence-electron chi connectivity index (χ2n) is 6.97. The van der Waals surface area contributed by atoms with Crippen molar-refractivity contribution in [1.82, 2.24) is 5.32 Å². The molecule has 0 aromatic carbocycles. The van der Waals surface area contributed by atoms with Gasteiger partial charge in [-0.1, -0.05) is 33.6 Å². The summed E-state index contributed by atoms with van der Waals surface area (Å²) < 4.78 is 0. The van der Waals surface area contributed by atoms with Gasteiger partial charge in [-0.25, -0.2) is 0 Å². The number of rotatable bonds is 9. The summed E-state index contributed by atoms with van der Waals surface area (Å²) in [5.41, 5.74) is 5.86. The Labute approximate surface area is 144 Å². The third-order valence-corrected chi connectivity index (χ3v) is 5.54. The van der Waals surface area contributed by atoms with Crippen LogP contribution in [0.15, 0.2) is 0 Å². The van der Waals surface area contributed by atoms with Crippen LogP contribution in [0.4, 0.5) is 0 Å². The fourth-order valence-corrected chi connectivity index (χ4v) is 3.82. The molecular formula is C17H32N2O3S. The van der Waals surface area contributed by atoms with E-state index in [4.69, 9.17) is 5.73 Å². The lowest BCUT2D eigenvalue weighted by atomic mass is 9.80. The summed E-state index contributed by atoms with van der Waals surface area (Å²) in [4.78, 5) is 24.1. The van der Waals surface area contributed by atoms with Crippen molar-refractivity contribution in [1.29, 1.82) is 0 Å². The first kappa shape index (κ1) is 20.5. The molecule has 0 bridgehead atoms. The number of nitrogens with one attached hydrogen (secondary N) is 1. The van der Waals surface area contributed by atoms with E-state index in [1.165, 1.54) is 6.42 Å². The lowest BCUT2D eigenvalue weighted by Gasteiger charge is -2.26. The van der Waals surface area contributed by atoms with Crippen LogP contribution in [0.3, 0.4) is 0 Å². The van der Waals surface area contributed by atoms with Gasteiger partial charge in [0.1, 0.15) is 6.10 Å². The lowest BCUT2D eigenvalue weighted by molar-refractivity contribution is -0.133. The molecular weight excluding hydrogens is 312 g/mol. The molecule has 0 aromatic rings. The van der Waals surface area contributed by atoms with Crippen molar-refractivity contribution in [2.75, 3.05) is 12.3 Å². The molecule has 1 aliphatic carbocycles. The number of amides is 1. The van der Waals surface area contributed by atoms with Gasteiger partial charge in [-0.05, 0) is 36.2 Å². The highest BCUT2D eigenvalue weighted by atomic mass is 32.2. The Balaban J connectivity index is 2.29. The third-order valence-electron chi connectivity index (χ3n) is 4.41. The second kappa shape index (κ2) is 10.3. The van der Waals surface area contributed by atoms with Crippen molar-refractivity contribution in [3.63, 3.8) is 0 Å². The molecule has 23 heavy (non-hydrogen) atoms. The number of aliphatic hydroxyl groups is 1. The summed E-state index contributed by atoms with van der Waals surface area (Å²) in [5.74, 6) is 0.964. The minimum atomic E-state index is -1.25. The normalized spacial score (nSPS) is 24.3. The molecule has 1 rings (SSSR count). The maximum absolute atomic E-state index is 12.2. The molecule has 0 radical (unpaired) electrons. The zero-order chi connectivity index (χ0) is 17.4. The van der Waals surface area contributed by atoms with E-state index in [0.717, 1.165) is 25.0 Å². The SMILES string of the molecule is CC1CCCC(C(=O)CNC(=O)[C@@H](O)[C@H](N)CCSC(C)C)C1. The molecule has 6 heteroatoms. The Morgan fingerprint density at radius 2 is 2.04 bits per heavy atom. The number of thioether (sulfide) groups is 1. The van der Waals surface area contributed by atoms with Gasteiger partial charge < -0.3 is 16.2 Å². The van der Waals surface area contributed by atoms with Gasteiger partial charge in [-0.15, -0.1) is 0 Å². The molecule has 0 saturated heterocycles. The average Bonchev–Trinajstić information content (AvgIpc) is 2.50. The number of aliphatic hydroxyl groups excluding tert-OH is 1. The molecule has 1 amide bonds.